The Labute approximate surface area is 118 Å². The molecule has 0 aromatic carbocycles. The highest BCUT2D eigenvalue weighted by molar-refractivity contribution is 7.98. The molecule has 0 amide bonds. The Bertz CT molecular complexity index is 511. The maximum atomic E-state index is 4.57. The van der Waals surface area contributed by atoms with Crippen LogP contribution in [0.15, 0.2) is 18.6 Å². The SMILES string of the molecule is CCNc1cn2ccnc2c(NCCCCSC)n1. The molecule has 0 unspecified atom stereocenters. The zero-order chi connectivity index (χ0) is 13.5. The predicted octanol–water partition coefficient (Wildman–Crippen LogP) is 2.72. The van der Waals surface area contributed by atoms with E-state index >= 15 is 0 Å². The van der Waals surface area contributed by atoms with Crippen LogP contribution in [0.25, 0.3) is 5.65 Å². The van der Waals surface area contributed by atoms with Gasteiger partial charge in [0.25, 0.3) is 0 Å². The van der Waals surface area contributed by atoms with Crippen LogP contribution in [0.3, 0.4) is 0 Å². The minimum atomic E-state index is 0.854. The Morgan fingerprint density at radius 2 is 2.21 bits per heavy atom. The molecule has 2 aromatic rings. The molecule has 0 aliphatic rings. The van der Waals surface area contributed by atoms with Crippen molar-refractivity contribution in [3.05, 3.63) is 18.6 Å². The third kappa shape index (κ3) is 3.76. The van der Waals surface area contributed by atoms with Gasteiger partial charge < -0.3 is 15.0 Å². The average molecular weight is 279 g/mol. The number of hydrogen-bond acceptors (Lipinski definition) is 5. The lowest BCUT2D eigenvalue weighted by atomic mass is 10.3. The normalized spacial score (nSPS) is 10.8. The van der Waals surface area contributed by atoms with Gasteiger partial charge in [-0.1, -0.05) is 0 Å². The van der Waals surface area contributed by atoms with Crippen molar-refractivity contribution in [3.8, 4) is 0 Å². The van der Waals surface area contributed by atoms with E-state index in [4.69, 9.17) is 0 Å². The molecule has 6 heteroatoms. The van der Waals surface area contributed by atoms with Crippen molar-refractivity contribution in [2.75, 3.05) is 35.7 Å². The third-order valence-corrected chi connectivity index (χ3v) is 3.50. The molecule has 19 heavy (non-hydrogen) atoms. The predicted molar refractivity (Wildman–Crippen MR) is 83.3 cm³/mol. The minimum absolute atomic E-state index is 0.854. The molecule has 2 N–H and O–H groups in total. The molecular formula is C13H21N5S. The minimum Gasteiger partial charge on any atom is -0.369 e. The summed E-state index contributed by atoms with van der Waals surface area (Å²) >= 11 is 1.89. The number of nitrogens with one attached hydrogen (secondary N) is 2. The Hall–Kier alpha value is -1.43. The van der Waals surface area contributed by atoms with Crippen molar-refractivity contribution in [1.82, 2.24) is 14.4 Å². The molecule has 0 spiro atoms. The van der Waals surface area contributed by atoms with Gasteiger partial charge in [-0.25, -0.2) is 9.97 Å². The monoisotopic (exact) mass is 279 g/mol. The van der Waals surface area contributed by atoms with Gasteiger partial charge in [0.05, 0.1) is 6.20 Å². The molecule has 0 atom stereocenters. The van der Waals surface area contributed by atoms with Crippen LogP contribution in [0.4, 0.5) is 11.6 Å². The Balaban J connectivity index is 2.04. The van der Waals surface area contributed by atoms with Crippen LogP contribution in [0.5, 0.6) is 0 Å². The van der Waals surface area contributed by atoms with Gasteiger partial charge in [-0.3, -0.25) is 0 Å². The van der Waals surface area contributed by atoms with Crippen LogP contribution < -0.4 is 10.6 Å². The van der Waals surface area contributed by atoms with E-state index in [1.807, 2.05) is 28.6 Å². The topological polar surface area (TPSA) is 54.2 Å². The molecule has 0 aliphatic carbocycles. The molecule has 0 bridgehead atoms. The van der Waals surface area contributed by atoms with Crippen LogP contribution in [-0.2, 0) is 0 Å². The number of unbranched alkanes of at least 4 members (excludes halogenated alkanes) is 1. The van der Waals surface area contributed by atoms with E-state index in [1.54, 1.807) is 6.20 Å². The van der Waals surface area contributed by atoms with Gasteiger partial charge in [-0.2, -0.15) is 11.8 Å². The highest BCUT2D eigenvalue weighted by Crippen LogP contribution is 2.16. The van der Waals surface area contributed by atoms with Crippen molar-refractivity contribution < 1.29 is 0 Å². The highest BCUT2D eigenvalue weighted by atomic mass is 32.2. The summed E-state index contributed by atoms with van der Waals surface area (Å²) in [4.78, 5) is 8.91. The number of hydrogen-bond donors (Lipinski definition) is 2. The summed E-state index contributed by atoms with van der Waals surface area (Å²) in [5.41, 5.74) is 0.881. The average Bonchev–Trinajstić information content (AvgIpc) is 2.87. The lowest BCUT2D eigenvalue weighted by Gasteiger charge is -2.10. The van der Waals surface area contributed by atoms with Crippen molar-refractivity contribution in [1.29, 1.82) is 0 Å². The fourth-order valence-corrected chi connectivity index (χ4v) is 2.39. The van der Waals surface area contributed by atoms with Gasteiger partial charge >= 0.3 is 0 Å². The Morgan fingerprint density at radius 3 is 3.00 bits per heavy atom. The third-order valence-electron chi connectivity index (χ3n) is 2.80. The van der Waals surface area contributed by atoms with E-state index < -0.39 is 0 Å². The van der Waals surface area contributed by atoms with Crippen LogP contribution >= 0.6 is 11.8 Å². The van der Waals surface area contributed by atoms with Crippen LogP contribution in [0.1, 0.15) is 19.8 Å². The van der Waals surface area contributed by atoms with E-state index in [0.29, 0.717) is 0 Å². The van der Waals surface area contributed by atoms with Gasteiger partial charge in [0.15, 0.2) is 11.5 Å². The van der Waals surface area contributed by atoms with E-state index in [9.17, 15) is 0 Å². The maximum Gasteiger partial charge on any atom is 0.180 e. The smallest absolute Gasteiger partial charge is 0.180 e. The maximum absolute atomic E-state index is 4.57. The van der Waals surface area contributed by atoms with E-state index in [-0.39, 0.29) is 0 Å². The summed E-state index contributed by atoms with van der Waals surface area (Å²) < 4.78 is 2.00. The lowest BCUT2D eigenvalue weighted by Crippen LogP contribution is -2.09. The fourth-order valence-electron chi connectivity index (χ4n) is 1.89. The van der Waals surface area contributed by atoms with E-state index in [2.05, 4.69) is 33.8 Å². The number of nitrogens with zero attached hydrogens (tertiary/aromatic N) is 3. The molecule has 2 rings (SSSR count). The largest absolute Gasteiger partial charge is 0.369 e. The second-order valence-electron chi connectivity index (χ2n) is 4.29. The first-order chi connectivity index (χ1) is 9.35. The quantitative estimate of drug-likeness (QED) is 0.728. The van der Waals surface area contributed by atoms with Gasteiger partial charge in [0.2, 0.25) is 0 Å². The molecule has 2 aromatic heterocycles. The van der Waals surface area contributed by atoms with E-state index in [0.717, 1.165) is 36.8 Å². The van der Waals surface area contributed by atoms with Gasteiger partial charge in [0, 0.05) is 25.5 Å². The fraction of sp³-hybridized carbons (Fsp3) is 0.538. The van der Waals surface area contributed by atoms with Crippen LogP contribution in [0, 0.1) is 0 Å². The molecule has 104 valence electrons. The summed E-state index contributed by atoms with van der Waals surface area (Å²) in [5, 5.41) is 6.63. The molecule has 0 saturated heterocycles. The molecule has 0 saturated carbocycles. The summed E-state index contributed by atoms with van der Waals surface area (Å²) in [7, 11) is 0. The molecule has 5 nitrogen and oxygen atoms in total. The van der Waals surface area contributed by atoms with Gasteiger partial charge in [0.1, 0.15) is 5.82 Å². The number of rotatable bonds is 8. The number of aromatic nitrogens is 3. The second-order valence-corrected chi connectivity index (χ2v) is 5.28. The van der Waals surface area contributed by atoms with Crippen molar-refractivity contribution in [3.63, 3.8) is 0 Å². The molecule has 0 radical (unpaired) electrons. The zero-order valence-corrected chi connectivity index (χ0v) is 12.3. The molecule has 2 heterocycles. The summed E-state index contributed by atoms with van der Waals surface area (Å²) in [6, 6.07) is 0. The number of anilines is 2. The lowest BCUT2D eigenvalue weighted by molar-refractivity contribution is 0.839. The molecular weight excluding hydrogens is 258 g/mol. The van der Waals surface area contributed by atoms with E-state index in [1.165, 1.54) is 12.2 Å². The standard InChI is InChI=1S/C13H21N5S/c1-3-14-11-10-18-8-7-16-13(18)12(17-11)15-6-4-5-9-19-2/h7-8,10,14H,3-6,9H2,1-2H3,(H,15,17). The first-order valence-electron chi connectivity index (χ1n) is 6.65. The van der Waals surface area contributed by atoms with Crippen LogP contribution in [-0.4, -0.2) is 39.5 Å². The summed E-state index contributed by atoms with van der Waals surface area (Å²) in [5.74, 6) is 2.94. The summed E-state index contributed by atoms with van der Waals surface area (Å²) in [6.45, 7) is 3.86. The van der Waals surface area contributed by atoms with Crippen molar-refractivity contribution >= 4 is 29.0 Å². The highest BCUT2D eigenvalue weighted by Gasteiger charge is 2.06. The number of imidazole rings is 1. The number of fused-ring (bicyclic) bond motifs is 1. The first kappa shape index (κ1) is 14.0. The number of thioether (sulfide) groups is 1. The van der Waals surface area contributed by atoms with Crippen LogP contribution in [0.2, 0.25) is 0 Å². The summed E-state index contributed by atoms with van der Waals surface area (Å²) in [6.07, 6.45) is 10.2. The van der Waals surface area contributed by atoms with Crippen molar-refractivity contribution in [2.45, 2.75) is 19.8 Å². The Morgan fingerprint density at radius 1 is 1.32 bits per heavy atom. The zero-order valence-electron chi connectivity index (χ0n) is 11.5. The van der Waals surface area contributed by atoms with Gasteiger partial charge in [-0.05, 0) is 31.8 Å². The van der Waals surface area contributed by atoms with Crippen molar-refractivity contribution in [2.24, 2.45) is 0 Å². The molecule has 0 fully saturated rings. The second kappa shape index (κ2) is 7.23. The Kier molecular flexibility index (Phi) is 5.32. The first-order valence-corrected chi connectivity index (χ1v) is 8.05. The van der Waals surface area contributed by atoms with Gasteiger partial charge in [-0.15, -0.1) is 0 Å². The molecule has 0 aliphatic heterocycles.